The highest BCUT2D eigenvalue weighted by molar-refractivity contribution is 5.96. The lowest BCUT2D eigenvalue weighted by Crippen LogP contribution is -2.37. The Labute approximate surface area is 126 Å². The first kappa shape index (κ1) is 15.9. The third-order valence-electron chi connectivity index (χ3n) is 3.47. The number of carbonyl (C=O) groups is 1. The van der Waals surface area contributed by atoms with E-state index in [1.165, 1.54) is 30.9 Å². The first-order chi connectivity index (χ1) is 10.5. The van der Waals surface area contributed by atoms with E-state index < -0.39 is 11.2 Å². The number of amides is 1. The molecule has 2 aromatic rings. The number of aryl methyl sites for hydroxylation is 1. The van der Waals surface area contributed by atoms with Crippen LogP contribution in [0.1, 0.15) is 23.2 Å². The fourth-order valence-corrected chi connectivity index (χ4v) is 2.16. The van der Waals surface area contributed by atoms with Crippen LogP contribution < -0.4 is 22.3 Å². The maximum absolute atomic E-state index is 12.1. The van der Waals surface area contributed by atoms with Gasteiger partial charge in [-0.2, -0.15) is 0 Å². The van der Waals surface area contributed by atoms with Crippen LogP contribution in [0.2, 0.25) is 0 Å². The van der Waals surface area contributed by atoms with Crippen molar-refractivity contribution < 1.29 is 4.79 Å². The number of rotatable bonds is 5. The highest BCUT2D eigenvalue weighted by atomic mass is 16.2. The second-order valence-corrected chi connectivity index (χ2v) is 5.05. The Hall–Kier alpha value is -2.48. The summed E-state index contributed by atoms with van der Waals surface area (Å²) < 4.78 is 2.27. The first-order valence-electron chi connectivity index (χ1n) is 7.01. The van der Waals surface area contributed by atoms with Gasteiger partial charge in [-0.25, -0.2) is 9.78 Å². The van der Waals surface area contributed by atoms with Gasteiger partial charge in [-0.05, 0) is 25.5 Å². The molecule has 3 N–H and O–H groups in total. The maximum Gasteiger partial charge on any atom is 0.332 e. The van der Waals surface area contributed by atoms with Gasteiger partial charge in [0.2, 0.25) is 0 Å². The van der Waals surface area contributed by atoms with Crippen molar-refractivity contribution in [3.05, 3.63) is 38.7 Å². The largest absolute Gasteiger partial charge is 0.352 e. The summed E-state index contributed by atoms with van der Waals surface area (Å²) in [7, 11) is 2.92. The van der Waals surface area contributed by atoms with Crippen LogP contribution in [0.3, 0.4) is 0 Å². The van der Waals surface area contributed by atoms with Crippen molar-refractivity contribution in [1.82, 2.24) is 19.4 Å². The van der Waals surface area contributed by atoms with Gasteiger partial charge in [-0.1, -0.05) is 0 Å². The van der Waals surface area contributed by atoms with Crippen LogP contribution >= 0.6 is 0 Å². The number of nitrogens with zero attached hydrogens (tertiary/aromatic N) is 3. The molecule has 0 spiro atoms. The smallest absolute Gasteiger partial charge is 0.332 e. The SMILES string of the molecule is Cn1c(=O)c2cc(C(=O)NCCCCN)cnc2n(C)c1=O. The molecule has 0 aliphatic rings. The highest BCUT2D eigenvalue weighted by Crippen LogP contribution is 2.07. The Morgan fingerprint density at radius 1 is 1.27 bits per heavy atom. The van der Waals surface area contributed by atoms with Crippen molar-refractivity contribution in [2.24, 2.45) is 19.8 Å². The fourth-order valence-electron chi connectivity index (χ4n) is 2.16. The molecule has 22 heavy (non-hydrogen) atoms. The summed E-state index contributed by atoms with van der Waals surface area (Å²) in [5.41, 5.74) is 5.01. The molecular weight excluding hydrogens is 286 g/mol. The number of unbranched alkanes of at least 4 members (excludes halogenated alkanes) is 1. The van der Waals surface area contributed by atoms with Crippen LogP contribution in [0.15, 0.2) is 21.9 Å². The Bertz CT molecular complexity index is 822. The summed E-state index contributed by atoms with van der Waals surface area (Å²) in [6.45, 7) is 1.09. The lowest BCUT2D eigenvalue weighted by Gasteiger charge is -2.08. The van der Waals surface area contributed by atoms with Crippen molar-refractivity contribution in [2.45, 2.75) is 12.8 Å². The minimum atomic E-state index is -0.469. The molecule has 2 heterocycles. The van der Waals surface area contributed by atoms with Gasteiger partial charge in [-0.3, -0.25) is 18.7 Å². The number of hydrogen-bond acceptors (Lipinski definition) is 5. The molecule has 0 aromatic carbocycles. The van der Waals surface area contributed by atoms with Gasteiger partial charge in [0, 0.05) is 26.8 Å². The number of hydrogen-bond donors (Lipinski definition) is 2. The first-order valence-corrected chi connectivity index (χ1v) is 7.01. The van der Waals surface area contributed by atoms with Gasteiger partial charge in [0.05, 0.1) is 10.9 Å². The molecule has 0 saturated heterocycles. The van der Waals surface area contributed by atoms with E-state index in [4.69, 9.17) is 5.73 Å². The van der Waals surface area contributed by atoms with Crippen molar-refractivity contribution >= 4 is 16.9 Å². The summed E-state index contributed by atoms with van der Waals surface area (Å²) in [5, 5.41) is 2.98. The molecule has 0 fully saturated rings. The molecule has 2 aromatic heterocycles. The predicted octanol–water partition coefficient (Wildman–Crippen LogP) is -0.899. The molecule has 0 aliphatic carbocycles. The van der Waals surface area contributed by atoms with E-state index in [-0.39, 0.29) is 22.5 Å². The minimum Gasteiger partial charge on any atom is -0.352 e. The zero-order chi connectivity index (χ0) is 16.3. The molecule has 0 bridgehead atoms. The van der Waals surface area contributed by atoms with E-state index in [1.807, 2.05) is 0 Å². The van der Waals surface area contributed by atoms with Crippen LogP contribution in [0.25, 0.3) is 11.0 Å². The monoisotopic (exact) mass is 305 g/mol. The third-order valence-corrected chi connectivity index (χ3v) is 3.47. The van der Waals surface area contributed by atoms with Gasteiger partial charge < -0.3 is 11.1 Å². The number of pyridine rings is 1. The number of fused-ring (bicyclic) bond motifs is 1. The van der Waals surface area contributed by atoms with Crippen LogP contribution in [-0.4, -0.2) is 33.1 Å². The van der Waals surface area contributed by atoms with Crippen LogP contribution in [0.4, 0.5) is 0 Å². The molecule has 2 rings (SSSR count). The summed E-state index contributed by atoms with van der Waals surface area (Å²) >= 11 is 0. The summed E-state index contributed by atoms with van der Waals surface area (Å²) in [6.07, 6.45) is 2.98. The van der Waals surface area contributed by atoms with Crippen molar-refractivity contribution in [1.29, 1.82) is 0 Å². The van der Waals surface area contributed by atoms with Crippen LogP contribution in [0.5, 0.6) is 0 Å². The van der Waals surface area contributed by atoms with Crippen LogP contribution in [-0.2, 0) is 14.1 Å². The zero-order valence-electron chi connectivity index (χ0n) is 12.6. The lowest BCUT2D eigenvalue weighted by atomic mass is 10.2. The number of aromatic nitrogens is 3. The van der Waals surface area contributed by atoms with Crippen molar-refractivity contribution in [3.8, 4) is 0 Å². The highest BCUT2D eigenvalue weighted by Gasteiger charge is 2.13. The lowest BCUT2D eigenvalue weighted by molar-refractivity contribution is 0.0953. The molecule has 1 amide bonds. The quantitative estimate of drug-likeness (QED) is 0.695. The zero-order valence-corrected chi connectivity index (χ0v) is 12.6. The Morgan fingerprint density at radius 2 is 2.00 bits per heavy atom. The maximum atomic E-state index is 12.1. The average Bonchev–Trinajstić information content (AvgIpc) is 2.54. The third kappa shape index (κ3) is 2.91. The van der Waals surface area contributed by atoms with Crippen molar-refractivity contribution in [3.63, 3.8) is 0 Å². The van der Waals surface area contributed by atoms with E-state index in [9.17, 15) is 14.4 Å². The molecule has 118 valence electrons. The molecule has 0 radical (unpaired) electrons. The van der Waals surface area contributed by atoms with Gasteiger partial charge in [-0.15, -0.1) is 0 Å². The summed E-state index contributed by atoms with van der Waals surface area (Å²) in [5.74, 6) is -0.303. The molecule has 8 nitrogen and oxygen atoms in total. The number of nitrogens with two attached hydrogens (primary N) is 1. The average molecular weight is 305 g/mol. The summed E-state index contributed by atoms with van der Waals surface area (Å²) in [6, 6.07) is 1.46. The van der Waals surface area contributed by atoms with Crippen LogP contribution in [0, 0.1) is 0 Å². The van der Waals surface area contributed by atoms with Gasteiger partial charge >= 0.3 is 5.69 Å². The second kappa shape index (κ2) is 6.52. The normalized spacial score (nSPS) is 10.9. The van der Waals surface area contributed by atoms with E-state index in [1.54, 1.807) is 0 Å². The van der Waals surface area contributed by atoms with Crippen molar-refractivity contribution in [2.75, 3.05) is 13.1 Å². The molecular formula is C14H19N5O3. The topological polar surface area (TPSA) is 112 Å². The number of nitrogens with one attached hydrogen (secondary N) is 1. The molecule has 8 heteroatoms. The predicted molar refractivity (Wildman–Crippen MR) is 82.8 cm³/mol. The summed E-state index contributed by atoms with van der Waals surface area (Å²) in [4.78, 5) is 40.1. The second-order valence-electron chi connectivity index (χ2n) is 5.05. The fraction of sp³-hybridized carbons (Fsp3) is 0.429. The van der Waals surface area contributed by atoms with Gasteiger partial charge in [0.15, 0.2) is 0 Å². The molecule has 0 atom stereocenters. The number of carbonyl (C=O) groups excluding carboxylic acids is 1. The van der Waals surface area contributed by atoms with E-state index in [2.05, 4.69) is 10.3 Å². The van der Waals surface area contributed by atoms with E-state index in [0.29, 0.717) is 13.1 Å². The minimum absolute atomic E-state index is 0.235. The van der Waals surface area contributed by atoms with Gasteiger partial charge in [0.1, 0.15) is 5.65 Å². The molecule has 0 saturated carbocycles. The van der Waals surface area contributed by atoms with E-state index >= 15 is 0 Å². The Morgan fingerprint density at radius 3 is 2.68 bits per heavy atom. The molecule has 0 aliphatic heterocycles. The standard InChI is InChI=1S/C14H19N5O3/c1-18-11-10(13(21)19(2)14(18)22)7-9(8-17-11)12(20)16-6-4-3-5-15/h7-8H,3-6,15H2,1-2H3,(H,16,20). The molecule has 0 unspecified atom stereocenters. The van der Waals surface area contributed by atoms with Gasteiger partial charge in [0.25, 0.3) is 11.5 Å². The van der Waals surface area contributed by atoms with E-state index in [0.717, 1.165) is 17.4 Å². The Balaban J connectivity index is 2.37. The Kier molecular flexibility index (Phi) is 4.71.